The van der Waals surface area contributed by atoms with Gasteiger partial charge in [0.05, 0.1) is 19.8 Å². The molecule has 0 aliphatic heterocycles. The minimum Gasteiger partial charge on any atom is -0.497 e. The zero-order valence-electron chi connectivity index (χ0n) is 10.2. The predicted octanol–water partition coefficient (Wildman–Crippen LogP) is 2.16. The molecule has 0 saturated carbocycles. The molecular formula is C11H15LiO3P. The summed E-state index contributed by atoms with van der Waals surface area (Å²) in [7, 11) is 3.45. The van der Waals surface area contributed by atoms with Gasteiger partial charge in [-0.2, -0.15) is 0 Å². The van der Waals surface area contributed by atoms with Crippen LogP contribution in [-0.4, -0.2) is 44.8 Å². The van der Waals surface area contributed by atoms with Crippen LogP contribution >= 0.6 is 8.58 Å². The Labute approximate surface area is 110 Å². The average molecular weight is 233 g/mol. The second-order valence-corrected chi connectivity index (χ2v) is 4.44. The zero-order valence-corrected chi connectivity index (χ0v) is 11.2. The smallest absolute Gasteiger partial charge is 0.184 e. The summed E-state index contributed by atoms with van der Waals surface area (Å²) in [5.41, 5.74) is 0.774. The summed E-state index contributed by atoms with van der Waals surface area (Å²) in [6, 6.07) is 5.26. The molecule has 1 rings (SSSR count). The second-order valence-electron chi connectivity index (χ2n) is 2.93. The Bertz CT molecular complexity index is 355. The number of benzene rings is 1. The van der Waals surface area contributed by atoms with Crippen molar-refractivity contribution in [2.75, 3.05) is 20.4 Å². The van der Waals surface area contributed by atoms with E-state index in [0.717, 1.165) is 6.16 Å². The summed E-state index contributed by atoms with van der Waals surface area (Å²) in [6.07, 6.45) is 0.869. The van der Waals surface area contributed by atoms with Gasteiger partial charge in [0.25, 0.3) is 0 Å². The summed E-state index contributed by atoms with van der Waals surface area (Å²) in [6.45, 7) is 1.99. The molecule has 0 heterocycles. The van der Waals surface area contributed by atoms with E-state index in [1.54, 1.807) is 32.4 Å². The fraction of sp³-hybridized carbons (Fsp3) is 0.364. The van der Waals surface area contributed by atoms with Gasteiger partial charge in [-0.1, -0.05) is 6.92 Å². The molecule has 0 aliphatic carbocycles. The van der Waals surface area contributed by atoms with E-state index in [0.29, 0.717) is 25.6 Å². The maximum absolute atomic E-state index is 11.7. The van der Waals surface area contributed by atoms with Crippen molar-refractivity contribution in [3.63, 3.8) is 0 Å². The molecule has 0 saturated heterocycles. The van der Waals surface area contributed by atoms with E-state index >= 15 is 0 Å². The van der Waals surface area contributed by atoms with Gasteiger partial charge < -0.3 is 9.47 Å². The SMILES string of the molecule is CCPC(=O)c1ccc(OC)cc1OC.[Li]. The predicted molar refractivity (Wildman–Crippen MR) is 68.5 cm³/mol. The first-order chi connectivity index (χ1) is 7.22. The van der Waals surface area contributed by atoms with Crippen molar-refractivity contribution >= 4 is 33.0 Å². The number of carbonyl (C=O) groups excluding carboxylic acids is 1. The third-order valence-electron chi connectivity index (χ3n) is 1.99. The van der Waals surface area contributed by atoms with E-state index in [2.05, 4.69) is 0 Å². The van der Waals surface area contributed by atoms with E-state index in [9.17, 15) is 4.79 Å². The molecule has 1 unspecified atom stereocenters. The van der Waals surface area contributed by atoms with Crippen LogP contribution in [0.3, 0.4) is 0 Å². The van der Waals surface area contributed by atoms with Gasteiger partial charge in [0.1, 0.15) is 11.5 Å². The molecule has 1 atom stereocenters. The molecule has 16 heavy (non-hydrogen) atoms. The molecule has 83 valence electrons. The Morgan fingerprint density at radius 1 is 1.31 bits per heavy atom. The largest absolute Gasteiger partial charge is 0.497 e. The van der Waals surface area contributed by atoms with Crippen molar-refractivity contribution < 1.29 is 14.3 Å². The number of ether oxygens (including phenoxy) is 2. The standard InChI is InChI=1S/C11H15O3P.Li/c1-4-15-11(12)9-6-5-8(13-2)7-10(9)14-3;/h5-7,15H,4H2,1-3H3;. The van der Waals surface area contributed by atoms with Crippen LogP contribution in [0, 0.1) is 0 Å². The quantitative estimate of drug-likeness (QED) is 0.577. The maximum Gasteiger partial charge on any atom is 0.184 e. The number of hydrogen-bond donors (Lipinski definition) is 0. The van der Waals surface area contributed by atoms with Crippen LogP contribution in [0.5, 0.6) is 11.5 Å². The van der Waals surface area contributed by atoms with E-state index < -0.39 is 0 Å². The molecule has 0 aliphatic rings. The van der Waals surface area contributed by atoms with Gasteiger partial charge in [-0.15, -0.1) is 0 Å². The van der Waals surface area contributed by atoms with Gasteiger partial charge in [-0.25, -0.2) is 0 Å². The number of hydrogen-bond acceptors (Lipinski definition) is 3. The van der Waals surface area contributed by atoms with Crippen LogP contribution in [0.2, 0.25) is 0 Å². The number of rotatable bonds is 5. The monoisotopic (exact) mass is 233 g/mol. The second kappa shape index (κ2) is 7.74. The van der Waals surface area contributed by atoms with Crippen LogP contribution < -0.4 is 9.47 Å². The molecule has 0 spiro atoms. The van der Waals surface area contributed by atoms with Crippen LogP contribution in [0.25, 0.3) is 0 Å². The molecule has 3 nitrogen and oxygen atoms in total. The van der Waals surface area contributed by atoms with E-state index in [1.165, 1.54) is 0 Å². The van der Waals surface area contributed by atoms with Crippen LogP contribution in [-0.2, 0) is 0 Å². The van der Waals surface area contributed by atoms with Crippen LogP contribution in [0.15, 0.2) is 18.2 Å². The summed E-state index contributed by atoms with van der Waals surface area (Å²) in [4.78, 5) is 11.7. The molecule has 0 bridgehead atoms. The Morgan fingerprint density at radius 3 is 2.50 bits per heavy atom. The molecule has 0 fully saturated rings. The van der Waals surface area contributed by atoms with Crippen molar-refractivity contribution in [3.05, 3.63) is 23.8 Å². The summed E-state index contributed by atoms with van der Waals surface area (Å²) in [5, 5.41) is 0. The van der Waals surface area contributed by atoms with Crippen molar-refractivity contribution in [2.45, 2.75) is 6.92 Å². The van der Waals surface area contributed by atoms with Crippen molar-refractivity contribution in [1.82, 2.24) is 0 Å². The van der Waals surface area contributed by atoms with Crippen molar-refractivity contribution in [1.29, 1.82) is 0 Å². The third kappa shape index (κ3) is 3.83. The first-order valence-electron chi connectivity index (χ1n) is 4.73. The van der Waals surface area contributed by atoms with Gasteiger partial charge in [0.15, 0.2) is 5.52 Å². The minimum atomic E-state index is 0. The maximum atomic E-state index is 11.7. The zero-order chi connectivity index (χ0) is 11.3. The van der Waals surface area contributed by atoms with Gasteiger partial charge in [-0.3, -0.25) is 4.79 Å². The Balaban J connectivity index is 0.00000225. The normalized spacial score (nSPS) is 9.94. The minimum absolute atomic E-state index is 0. The molecular weight excluding hydrogens is 218 g/mol. The van der Waals surface area contributed by atoms with Gasteiger partial charge in [-0.05, 0) is 26.9 Å². The summed E-state index contributed by atoms with van der Waals surface area (Å²) >= 11 is 0. The summed E-state index contributed by atoms with van der Waals surface area (Å²) < 4.78 is 10.2. The first kappa shape index (κ1) is 15.5. The van der Waals surface area contributed by atoms with Crippen LogP contribution in [0.4, 0.5) is 0 Å². The van der Waals surface area contributed by atoms with E-state index in [-0.39, 0.29) is 24.4 Å². The van der Waals surface area contributed by atoms with Gasteiger partial charge in [0.2, 0.25) is 0 Å². The van der Waals surface area contributed by atoms with Crippen molar-refractivity contribution in [2.24, 2.45) is 0 Å². The molecule has 1 aromatic carbocycles. The third-order valence-corrected chi connectivity index (χ3v) is 2.93. The van der Waals surface area contributed by atoms with E-state index in [4.69, 9.17) is 9.47 Å². The topological polar surface area (TPSA) is 35.5 Å². The molecule has 0 N–H and O–H groups in total. The van der Waals surface area contributed by atoms with Crippen LogP contribution in [0.1, 0.15) is 17.3 Å². The average Bonchev–Trinajstić information content (AvgIpc) is 2.28. The Hall–Kier alpha value is -0.483. The first-order valence-corrected chi connectivity index (χ1v) is 5.93. The molecule has 5 heteroatoms. The number of carbonyl (C=O) groups is 1. The fourth-order valence-electron chi connectivity index (χ4n) is 1.24. The van der Waals surface area contributed by atoms with Gasteiger partial charge >= 0.3 is 0 Å². The van der Waals surface area contributed by atoms with Crippen molar-refractivity contribution in [3.8, 4) is 11.5 Å². The molecule has 0 amide bonds. The summed E-state index contributed by atoms with van der Waals surface area (Å²) in [5.74, 6) is 1.28. The molecule has 1 aromatic rings. The van der Waals surface area contributed by atoms with E-state index in [1.807, 2.05) is 6.92 Å². The van der Waals surface area contributed by atoms with Gasteiger partial charge in [0, 0.05) is 24.9 Å². The Kier molecular flexibility index (Phi) is 7.50. The fourth-order valence-corrected chi connectivity index (χ4v) is 1.96. The Morgan fingerprint density at radius 2 is 2.00 bits per heavy atom. The number of methoxy groups -OCH3 is 2. The molecule has 1 radical (unpaired) electrons. The molecule has 0 aromatic heterocycles.